The van der Waals surface area contributed by atoms with Crippen LogP contribution in [-0.4, -0.2) is 49.5 Å². The summed E-state index contributed by atoms with van der Waals surface area (Å²) in [5.74, 6) is 1.84. The lowest BCUT2D eigenvalue weighted by molar-refractivity contribution is -0.0570. The van der Waals surface area contributed by atoms with E-state index in [1.807, 2.05) is 0 Å². The number of nitrogens with zero attached hydrogens (tertiary/aromatic N) is 1. The Morgan fingerprint density at radius 3 is 2.61 bits per heavy atom. The van der Waals surface area contributed by atoms with Crippen LogP contribution in [-0.2, 0) is 9.47 Å². The van der Waals surface area contributed by atoms with E-state index in [4.69, 9.17) is 9.47 Å². The maximum absolute atomic E-state index is 6.24. The van der Waals surface area contributed by atoms with E-state index >= 15 is 0 Å². The molecule has 1 saturated heterocycles. The van der Waals surface area contributed by atoms with Gasteiger partial charge in [-0.25, -0.2) is 0 Å². The number of fused-ring (bicyclic) bond motifs is 2. The van der Waals surface area contributed by atoms with Crippen molar-refractivity contribution < 1.29 is 9.47 Å². The van der Waals surface area contributed by atoms with Crippen LogP contribution in [0.3, 0.4) is 0 Å². The van der Waals surface area contributed by atoms with Crippen LogP contribution in [0.4, 0.5) is 0 Å². The number of rotatable bonds is 5. The highest BCUT2D eigenvalue weighted by atomic mass is 16.5. The summed E-state index contributed by atoms with van der Waals surface area (Å²) in [6.07, 6.45) is 8.91. The van der Waals surface area contributed by atoms with Gasteiger partial charge < -0.3 is 9.47 Å². The minimum absolute atomic E-state index is 0.367. The molecule has 0 spiro atoms. The molecule has 4 rings (SSSR count). The highest BCUT2D eigenvalue weighted by molar-refractivity contribution is 4.97. The fourth-order valence-electron chi connectivity index (χ4n) is 3.58. The average Bonchev–Trinajstić information content (AvgIpc) is 3.23. The molecular weight excluding hydrogens is 226 g/mol. The molecule has 0 amide bonds. The van der Waals surface area contributed by atoms with E-state index in [2.05, 4.69) is 4.90 Å². The molecule has 2 bridgehead atoms. The van der Waals surface area contributed by atoms with E-state index < -0.39 is 0 Å². The average molecular weight is 251 g/mol. The van der Waals surface area contributed by atoms with E-state index in [9.17, 15) is 0 Å². The summed E-state index contributed by atoms with van der Waals surface area (Å²) >= 11 is 0. The Hall–Kier alpha value is -0.120. The maximum atomic E-state index is 6.24. The predicted molar refractivity (Wildman–Crippen MR) is 69.5 cm³/mol. The topological polar surface area (TPSA) is 21.7 Å². The summed E-state index contributed by atoms with van der Waals surface area (Å²) in [6, 6.07) is 0.650. The second-order valence-corrected chi connectivity index (χ2v) is 6.73. The highest BCUT2D eigenvalue weighted by Crippen LogP contribution is 2.37. The van der Waals surface area contributed by atoms with Gasteiger partial charge in [0.05, 0.1) is 18.8 Å². The van der Waals surface area contributed by atoms with Crippen LogP contribution in [0.5, 0.6) is 0 Å². The van der Waals surface area contributed by atoms with Gasteiger partial charge in [0.15, 0.2) is 0 Å². The van der Waals surface area contributed by atoms with Gasteiger partial charge in [0.1, 0.15) is 0 Å². The van der Waals surface area contributed by atoms with Crippen molar-refractivity contribution in [3.8, 4) is 0 Å². The summed E-state index contributed by atoms with van der Waals surface area (Å²) in [6.45, 7) is 4.32. The zero-order valence-electron chi connectivity index (χ0n) is 11.2. The predicted octanol–water partition coefficient (Wildman–Crippen LogP) is 2.05. The first-order valence-corrected chi connectivity index (χ1v) is 7.87. The van der Waals surface area contributed by atoms with E-state index in [0.717, 1.165) is 31.6 Å². The fraction of sp³-hybridized carbons (Fsp3) is 1.00. The van der Waals surface area contributed by atoms with E-state index in [1.165, 1.54) is 45.1 Å². The Labute approximate surface area is 110 Å². The van der Waals surface area contributed by atoms with Crippen molar-refractivity contribution in [2.75, 3.05) is 26.3 Å². The van der Waals surface area contributed by atoms with Crippen LogP contribution >= 0.6 is 0 Å². The van der Waals surface area contributed by atoms with Crippen LogP contribution in [0, 0.1) is 11.8 Å². The lowest BCUT2D eigenvalue weighted by Gasteiger charge is -2.31. The van der Waals surface area contributed by atoms with Gasteiger partial charge >= 0.3 is 0 Å². The van der Waals surface area contributed by atoms with Crippen molar-refractivity contribution in [1.82, 2.24) is 4.90 Å². The molecular formula is C15H25NO2. The minimum atomic E-state index is 0.367. The van der Waals surface area contributed by atoms with Crippen molar-refractivity contribution in [3.05, 3.63) is 0 Å². The lowest BCUT2D eigenvalue weighted by Crippen LogP contribution is -2.44. The van der Waals surface area contributed by atoms with Gasteiger partial charge in [-0.2, -0.15) is 0 Å². The van der Waals surface area contributed by atoms with Crippen molar-refractivity contribution in [2.24, 2.45) is 11.8 Å². The maximum Gasteiger partial charge on any atom is 0.0991 e. The number of ether oxygens (including phenoxy) is 2. The van der Waals surface area contributed by atoms with Gasteiger partial charge in [0.25, 0.3) is 0 Å². The summed E-state index contributed by atoms with van der Waals surface area (Å²) in [5.41, 5.74) is 0. The molecule has 3 aliphatic carbocycles. The molecule has 3 saturated carbocycles. The molecule has 0 aromatic rings. The first-order chi connectivity index (χ1) is 8.90. The molecule has 0 radical (unpaired) electrons. The van der Waals surface area contributed by atoms with Crippen LogP contribution in [0.15, 0.2) is 0 Å². The van der Waals surface area contributed by atoms with Crippen molar-refractivity contribution in [2.45, 2.75) is 56.8 Å². The monoisotopic (exact) mass is 251 g/mol. The standard InChI is InChI=1S/C15H25NO2/c1-2-11(1)9-16-7-8-17-14-6-5-13(16)15(14)18-10-12-3-4-12/h11-15H,1-10H2/t13-,14+,15-/m0/s1. The summed E-state index contributed by atoms with van der Waals surface area (Å²) < 4.78 is 12.3. The van der Waals surface area contributed by atoms with Gasteiger partial charge in [0.2, 0.25) is 0 Å². The molecule has 4 aliphatic rings. The molecule has 1 heterocycles. The lowest BCUT2D eigenvalue weighted by atomic mass is 10.1. The molecule has 0 unspecified atom stereocenters. The smallest absolute Gasteiger partial charge is 0.0991 e. The molecule has 3 heteroatoms. The van der Waals surface area contributed by atoms with Gasteiger partial charge in [-0.3, -0.25) is 4.90 Å². The van der Waals surface area contributed by atoms with E-state index in [0.29, 0.717) is 18.2 Å². The Balaban J connectivity index is 1.41. The van der Waals surface area contributed by atoms with Crippen LogP contribution in [0.2, 0.25) is 0 Å². The first kappa shape index (κ1) is 11.7. The summed E-state index contributed by atoms with van der Waals surface area (Å²) in [7, 11) is 0. The van der Waals surface area contributed by atoms with E-state index in [-0.39, 0.29) is 0 Å². The van der Waals surface area contributed by atoms with Crippen molar-refractivity contribution in [1.29, 1.82) is 0 Å². The molecule has 0 aromatic carbocycles. The first-order valence-electron chi connectivity index (χ1n) is 7.87. The van der Waals surface area contributed by atoms with Crippen LogP contribution in [0.25, 0.3) is 0 Å². The molecule has 3 atom stereocenters. The molecule has 0 N–H and O–H groups in total. The molecule has 18 heavy (non-hydrogen) atoms. The Kier molecular flexibility index (Phi) is 3.10. The second kappa shape index (κ2) is 4.77. The van der Waals surface area contributed by atoms with Crippen LogP contribution in [0.1, 0.15) is 38.5 Å². The normalized spacial score (nSPS) is 41.0. The second-order valence-electron chi connectivity index (χ2n) is 6.73. The molecule has 0 aromatic heterocycles. The highest BCUT2D eigenvalue weighted by Gasteiger charge is 2.44. The zero-order valence-corrected chi connectivity index (χ0v) is 11.2. The van der Waals surface area contributed by atoms with Gasteiger partial charge in [-0.1, -0.05) is 0 Å². The Morgan fingerprint density at radius 1 is 1.00 bits per heavy atom. The molecule has 4 fully saturated rings. The summed E-state index contributed by atoms with van der Waals surface area (Å²) in [4.78, 5) is 2.68. The SMILES string of the molecule is C1CN(CC2CC2)[C@H]2CC[C@@H](O1)[C@H]2OCC1CC1. The van der Waals surface area contributed by atoms with Gasteiger partial charge in [-0.15, -0.1) is 0 Å². The quantitative estimate of drug-likeness (QED) is 0.746. The van der Waals surface area contributed by atoms with Gasteiger partial charge in [0, 0.05) is 25.7 Å². The third-order valence-corrected chi connectivity index (χ3v) is 5.08. The fourth-order valence-corrected chi connectivity index (χ4v) is 3.58. The number of hydrogen-bond donors (Lipinski definition) is 0. The third-order valence-electron chi connectivity index (χ3n) is 5.08. The van der Waals surface area contributed by atoms with E-state index in [1.54, 1.807) is 0 Å². The molecule has 1 aliphatic heterocycles. The third kappa shape index (κ3) is 2.45. The van der Waals surface area contributed by atoms with Crippen molar-refractivity contribution in [3.63, 3.8) is 0 Å². The Bertz CT molecular complexity index is 301. The van der Waals surface area contributed by atoms with Gasteiger partial charge in [-0.05, 0) is 50.4 Å². The largest absolute Gasteiger partial charge is 0.374 e. The zero-order chi connectivity index (χ0) is 11.9. The summed E-state index contributed by atoms with van der Waals surface area (Å²) in [5, 5.41) is 0. The van der Waals surface area contributed by atoms with Crippen molar-refractivity contribution >= 4 is 0 Å². The minimum Gasteiger partial charge on any atom is -0.374 e. The molecule has 3 nitrogen and oxygen atoms in total. The van der Waals surface area contributed by atoms with Crippen LogP contribution < -0.4 is 0 Å². The Morgan fingerprint density at radius 2 is 1.83 bits per heavy atom. The number of hydrogen-bond acceptors (Lipinski definition) is 3. The molecule has 102 valence electrons.